The van der Waals surface area contributed by atoms with Crippen molar-refractivity contribution in [3.8, 4) is 67.7 Å². The largest absolute Gasteiger partial charge is 0.248 e. The summed E-state index contributed by atoms with van der Waals surface area (Å²) in [6.45, 7) is 4.64. The van der Waals surface area contributed by atoms with Gasteiger partial charge in [-0.3, -0.25) is 0 Å². The van der Waals surface area contributed by atoms with E-state index in [-0.39, 0.29) is 5.41 Å². The molecule has 0 amide bonds. The first kappa shape index (κ1) is 31.0. The fourth-order valence-corrected chi connectivity index (χ4v) is 7.92. The summed E-state index contributed by atoms with van der Waals surface area (Å²) >= 11 is 0. The first-order valence-electron chi connectivity index (χ1n) is 18.1. The Morgan fingerprint density at radius 2 is 0.962 bits per heavy atom. The first-order valence-corrected chi connectivity index (χ1v) is 18.1. The van der Waals surface area contributed by atoms with Crippen molar-refractivity contribution >= 4 is 21.7 Å². The topological polar surface area (TPSA) is 51.6 Å². The third-order valence-electron chi connectivity index (χ3n) is 10.7. The third kappa shape index (κ3) is 5.30. The van der Waals surface area contributed by atoms with E-state index in [2.05, 4.69) is 153 Å². The summed E-state index contributed by atoms with van der Waals surface area (Å²) in [5, 5.41) is 3.47. The van der Waals surface area contributed by atoms with Crippen LogP contribution in [0.1, 0.15) is 25.0 Å². The number of aromatic nitrogens is 4. The van der Waals surface area contributed by atoms with E-state index in [0.717, 1.165) is 55.4 Å². The molecule has 0 aliphatic heterocycles. The lowest BCUT2D eigenvalue weighted by atomic mass is 9.82. The Hall–Kier alpha value is -6.78. The maximum Gasteiger partial charge on any atom is 0.164 e. The van der Waals surface area contributed by atoms with Crippen LogP contribution in [0.3, 0.4) is 0 Å². The lowest BCUT2D eigenvalue weighted by Crippen LogP contribution is -2.14. The molecule has 0 bridgehead atoms. The van der Waals surface area contributed by atoms with E-state index in [9.17, 15) is 0 Å². The summed E-state index contributed by atoms with van der Waals surface area (Å²) in [7, 11) is 0. The standard InChI is InChI=1S/C49H34N4/c1-49(2)42-23-12-11-22-38(42)40-28-41-39(32-15-5-3-6-16-32)29-44(50-45(41)30-43(40)49)35-20-13-21-36(27-35)47-51-46(33-17-7-4-8-18-33)52-48(53-47)37-25-24-31-14-9-10-19-34(31)26-37/h3-30H,1-2H3. The average molecular weight is 679 g/mol. The Bertz CT molecular complexity index is 2860. The summed E-state index contributed by atoms with van der Waals surface area (Å²) in [5.41, 5.74) is 13.1. The summed E-state index contributed by atoms with van der Waals surface area (Å²) in [4.78, 5) is 20.5. The molecule has 0 unspecified atom stereocenters. The van der Waals surface area contributed by atoms with Gasteiger partial charge >= 0.3 is 0 Å². The second-order valence-electron chi connectivity index (χ2n) is 14.3. The van der Waals surface area contributed by atoms with Gasteiger partial charge in [0, 0.05) is 33.1 Å². The van der Waals surface area contributed by atoms with Crippen molar-refractivity contribution in [2.75, 3.05) is 0 Å². The Morgan fingerprint density at radius 3 is 1.74 bits per heavy atom. The molecule has 7 aromatic carbocycles. The Balaban J connectivity index is 1.14. The Labute approximate surface area is 308 Å². The minimum atomic E-state index is -0.122. The highest BCUT2D eigenvalue weighted by atomic mass is 15.0. The van der Waals surface area contributed by atoms with Gasteiger partial charge < -0.3 is 0 Å². The van der Waals surface area contributed by atoms with Gasteiger partial charge in [-0.05, 0) is 74.5 Å². The van der Waals surface area contributed by atoms with Crippen molar-refractivity contribution in [3.05, 3.63) is 181 Å². The zero-order valence-electron chi connectivity index (χ0n) is 29.5. The highest BCUT2D eigenvalue weighted by molar-refractivity contribution is 6.01. The van der Waals surface area contributed by atoms with Gasteiger partial charge in [0.1, 0.15) is 0 Å². The van der Waals surface area contributed by atoms with E-state index < -0.39 is 0 Å². The Kier molecular flexibility index (Phi) is 7.12. The lowest BCUT2D eigenvalue weighted by molar-refractivity contribution is 0.661. The molecule has 1 aliphatic carbocycles. The molecule has 0 N–H and O–H groups in total. The molecule has 4 nitrogen and oxygen atoms in total. The molecule has 0 radical (unpaired) electrons. The van der Waals surface area contributed by atoms with Crippen molar-refractivity contribution in [3.63, 3.8) is 0 Å². The Morgan fingerprint density at radius 1 is 0.358 bits per heavy atom. The van der Waals surface area contributed by atoms with Crippen LogP contribution in [-0.2, 0) is 5.41 Å². The van der Waals surface area contributed by atoms with Crippen LogP contribution in [0.4, 0.5) is 0 Å². The van der Waals surface area contributed by atoms with E-state index in [0.29, 0.717) is 17.5 Å². The molecule has 250 valence electrons. The van der Waals surface area contributed by atoms with E-state index >= 15 is 0 Å². The van der Waals surface area contributed by atoms with Crippen LogP contribution >= 0.6 is 0 Å². The van der Waals surface area contributed by atoms with Crippen molar-refractivity contribution in [1.82, 2.24) is 19.9 Å². The molecule has 0 fully saturated rings. The van der Waals surface area contributed by atoms with Gasteiger partial charge in [-0.15, -0.1) is 0 Å². The smallest absolute Gasteiger partial charge is 0.164 e. The maximum atomic E-state index is 5.38. The first-order chi connectivity index (χ1) is 26.0. The van der Waals surface area contributed by atoms with Gasteiger partial charge in [-0.1, -0.05) is 153 Å². The molecular formula is C49H34N4. The predicted octanol–water partition coefficient (Wildman–Crippen LogP) is 12.2. The van der Waals surface area contributed by atoms with Crippen molar-refractivity contribution in [2.24, 2.45) is 0 Å². The van der Waals surface area contributed by atoms with Crippen molar-refractivity contribution in [2.45, 2.75) is 19.3 Å². The minimum absolute atomic E-state index is 0.122. The number of hydrogen-bond acceptors (Lipinski definition) is 4. The zero-order chi connectivity index (χ0) is 35.5. The number of hydrogen-bond donors (Lipinski definition) is 0. The summed E-state index contributed by atoms with van der Waals surface area (Å²) in [6.07, 6.45) is 0. The van der Waals surface area contributed by atoms with Gasteiger partial charge in [0.15, 0.2) is 17.5 Å². The minimum Gasteiger partial charge on any atom is -0.248 e. The van der Waals surface area contributed by atoms with Crippen LogP contribution in [0.5, 0.6) is 0 Å². The van der Waals surface area contributed by atoms with Crippen LogP contribution in [0, 0.1) is 0 Å². The van der Waals surface area contributed by atoms with E-state index in [1.165, 1.54) is 27.6 Å². The highest BCUT2D eigenvalue weighted by Crippen LogP contribution is 2.50. The van der Waals surface area contributed by atoms with Gasteiger partial charge in [0.25, 0.3) is 0 Å². The number of fused-ring (bicyclic) bond motifs is 5. The molecule has 0 atom stereocenters. The number of pyridine rings is 1. The second-order valence-corrected chi connectivity index (χ2v) is 14.3. The lowest BCUT2D eigenvalue weighted by Gasteiger charge is -2.22. The monoisotopic (exact) mass is 678 g/mol. The van der Waals surface area contributed by atoms with Crippen LogP contribution in [-0.4, -0.2) is 19.9 Å². The molecule has 0 spiro atoms. The van der Waals surface area contributed by atoms with E-state index in [1.807, 2.05) is 30.3 Å². The van der Waals surface area contributed by atoms with Gasteiger partial charge in [0.05, 0.1) is 11.2 Å². The fraction of sp³-hybridized carbons (Fsp3) is 0.0612. The van der Waals surface area contributed by atoms with E-state index in [1.54, 1.807) is 0 Å². The second kappa shape index (κ2) is 12.2. The molecule has 2 heterocycles. The quantitative estimate of drug-likeness (QED) is 0.182. The van der Waals surface area contributed by atoms with Crippen LogP contribution in [0.15, 0.2) is 170 Å². The van der Waals surface area contributed by atoms with Crippen molar-refractivity contribution < 1.29 is 0 Å². The molecule has 53 heavy (non-hydrogen) atoms. The van der Waals surface area contributed by atoms with E-state index in [4.69, 9.17) is 19.9 Å². The molecule has 9 aromatic rings. The van der Waals surface area contributed by atoms with Crippen LogP contribution in [0.25, 0.3) is 89.4 Å². The van der Waals surface area contributed by atoms with Crippen LogP contribution < -0.4 is 0 Å². The fourth-order valence-electron chi connectivity index (χ4n) is 7.92. The van der Waals surface area contributed by atoms with Gasteiger partial charge in [-0.25, -0.2) is 19.9 Å². The number of benzene rings is 7. The van der Waals surface area contributed by atoms with Gasteiger partial charge in [0.2, 0.25) is 0 Å². The SMILES string of the molecule is CC1(C)c2ccccc2-c2cc3c(-c4ccccc4)cc(-c4cccc(-c5nc(-c6ccccc6)nc(-c6ccc7ccccc7c6)n5)c4)nc3cc21. The molecule has 0 saturated carbocycles. The maximum absolute atomic E-state index is 5.38. The highest BCUT2D eigenvalue weighted by Gasteiger charge is 2.35. The predicted molar refractivity (Wildman–Crippen MR) is 217 cm³/mol. The molecule has 0 saturated heterocycles. The molecule has 4 heteroatoms. The average Bonchev–Trinajstić information content (AvgIpc) is 3.45. The molecule has 10 rings (SSSR count). The normalized spacial score (nSPS) is 12.9. The molecule has 1 aliphatic rings. The molecular weight excluding hydrogens is 645 g/mol. The summed E-state index contributed by atoms with van der Waals surface area (Å²) < 4.78 is 0. The summed E-state index contributed by atoms with van der Waals surface area (Å²) in [6, 6.07) is 59.6. The summed E-state index contributed by atoms with van der Waals surface area (Å²) in [5.74, 6) is 1.89. The third-order valence-corrected chi connectivity index (χ3v) is 10.7. The number of rotatable bonds is 5. The number of nitrogens with zero attached hydrogens (tertiary/aromatic N) is 4. The van der Waals surface area contributed by atoms with Crippen LogP contribution in [0.2, 0.25) is 0 Å². The molecule has 2 aromatic heterocycles. The van der Waals surface area contributed by atoms with Crippen molar-refractivity contribution in [1.29, 1.82) is 0 Å². The van der Waals surface area contributed by atoms with Gasteiger partial charge in [-0.2, -0.15) is 0 Å². The zero-order valence-corrected chi connectivity index (χ0v) is 29.5.